The number of rotatable bonds is 3. The highest BCUT2D eigenvalue weighted by atomic mass is 15.3. The first-order valence-electron chi connectivity index (χ1n) is 12.1. The van der Waals surface area contributed by atoms with Crippen molar-refractivity contribution in [2.24, 2.45) is 5.41 Å². The van der Waals surface area contributed by atoms with Crippen LogP contribution in [0.3, 0.4) is 0 Å². The van der Waals surface area contributed by atoms with Crippen LogP contribution in [0, 0.1) is 5.41 Å². The molecule has 1 fully saturated rings. The van der Waals surface area contributed by atoms with Crippen molar-refractivity contribution in [3.05, 3.63) is 66.4 Å². The Morgan fingerprint density at radius 1 is 0.882 bits per heavy atom. The maximum atomic E-state index is 5.06. The van der Waals surface area contributed by atoms with Gasteiger partial charge in [0.15, 0.2) is 0 Å². The average Bonchev–Trinajstić information content (AvgIpc) is 3.12. The standard InChI is InChI=1S/C27H31N7/c1-26(2)7-9-27(10-8-26)22-18-28-11-6-20(22)21-17-30-25(32-24(21)27)31-19-4-5-23(29-16-19)34-14-12-33(3)13-15-34/h4-7,9,11,16-18H,8,10,12-15H2,1-3H3,(H,30,31,32). The summed E-state index contributed by atoms with van der Waals surface area (Å²) < 4.78 is 0. The minimum atomic E-state index is -0.239. The van der Waals surface area contributed by atoms with Gasteiger partial charge in [-0.15, -0.1) is 0 Å². The van der Waals surface area contributed by atoms with E-state index in [1.54, 1.807) is 0 Å². The zero-order valence-electron chi connectivity index (χ0n) is 20.1. The van der Waals surface area contributed by atoms with Crippen LogP contribution in [0.15, 0.2) is 55.1 Å². The molecule has 2 aliphatic carbocycles. The van der Waals surface area contributed by atoms with Crippen LogP contribution in [0.2, 0.25) is 0 Å². The number of aromatic nitrogens is 4. The maximum Gasteiger partial charge on any atom is 0.227 e. The Labute approximate surface area is 201 Å². The molecule has 7 nitrogen and oxygen atoms in total. The Morgan fingerprint density at radius 2 is 1.74 bits per heavy atom. The van der Waals surface area contributed by atoms with Crippen LogP contribution in [0.1, 0.15) is 37.9 Å². The van der Waals surface area contributed by atoms with E-state index in [-0.39, 0.29) is 10.8 Å². The molecule has 3 aromatic heterocycles. The van der Waals surface area contributed by atoms with Crippen LogP contribution in [-0.4, -0.2) is 58.1 Å². The molecule has 4 heterocycles. The third-order valence-electron chi connectivity index (χ3n) is 7.62. The number of hydrogen-bond acceptors (Lipinski definition) is 7. The van der Waals surface area contributed by atoms with Gasteiger partial charge in [-0.25, -0.2) is 15.0 Å². The van der Waals surface area contributed by atoms with Gasteiger partial charge in [-0.1, -0.05) is 26.0 Å². The fourth-order valence-electron chi connectivity index (χ4n) is 5.38. The zero-order chi connectivity index (χ0) is 23.3. The zero-order valence-corrected chi connectivity index (χ0v) is 20.1. The van der Waals surface area contributed by atoms with Crippen molar-refractivity contribution in [2.45, 2.75) is 32.1 Å². The summed E-state index contributed by atoms with van der Waals surface area (Å²) in [5.74, 6) is 1.62. The van der Waals surface area contributed by atoms with Gasteiger partial charge in [0.05, 0.1) is 23.0 Å². The lowest BCUT2D eigenvalue weighted by Gasteiger charge is -2.36. The van der Waals surface area contributed by atoms with Crippen molar-refractivity contribution < 1.29 is 0 Å². The second-order valence-electron chi connectivity index (χ2n) is 10.5. The molecule has 174 valence electrons. The minimum Gasteiger partial charge on any atom is -0.354 e. The molecule has 1 unspecified atom stereocenters. The van der Waals surface area contributed by atoms with Crippen molar-refractivity contribution in [3.63, 3.8) is 0 Å². The Balaban J connectivity index is 1.30. The van der Waals surface area contributed by atoms with Crippen LogP contribution in [0.5, 0.6) is 0 Å². The molecular formula is C27H31N7. The number of fused-ring (bicyclic) bond motifs is 5. The van der Waals surface area contributed by atoms with Crippen molar-refractivity contribution in [1.29, 1.82) is 0 Å². The first-order chi connectivity index (χ1) is 16.4. The molecule has 34 heavy (non-hydrogen) atoms. The molecule has 3 aliphatic rings. The van der Waals surface area contributed by atoms with E-state index in [0.29, 0.717) is 5.95 Å². The van der Waals surface area contributed by atoms with Crippen molar-refractivity contribution in [2.75, 3.05) is 43.4 Å². The highest BCUT2D eigenvalue weighted by Crippen LogP contribution is 2.54. The Morgan fingerprint density at radius 3 is 2.47 bits per heavy atom. The Hall–Kier alpha value is -3.32. The summed E-state index contributed by atoms with van der Waals surface area (Å²) in [4.78, 5) is 23.6. The van der Waals surface area contributed by atoms with E-state index in [2.05, 4.69) is 76.3 Å². The van der Waals surface area contributed by atoms with E-state index in [4.69, 9.17) is 9.97 Å². The average molecular weight is 454 g/mol. The van der Waals surface area contributed by atoms with Gasteiger partial charge in [0.25, 0.3) is 0 Å². The molecule has 1 saturated heterocycles. The number of pyridine rings is 2. The van der Waals surface area contributed by atoms with Gasteiger partial charge < -0.3 is 15.1 Å². The summed E-state index contributed by atoms with van der Waals surface area (Å²) in [5, 5.41) is 3.38. The normalized spacial score (nSPS) is 23.1. The number of nitrogens with one attached hydrogen (secondary N) is 1. The van der Waals surface area contributed by atoms with Gasteiger partial charge in [0.2, 0.25) is 5.95 Å². The smallest absolute Gasteiger partial charge is 0.227 e. The van der Waals surface area contributed by atoms with Crippen molar-refractivity contribution in [1.82, 2.24) is 24.8 Å². The number of allylic oxidation sites excluding steroid dienone is 2. The molecule has 6 rings (SSSR count). The van der Waals surface area contributed by atoms with Gasteiger partial charge >= 0.3 is 0 Å². The minimum absolute atomic E-state index is 0.196. The molecule has 7 heteroatoms. The van der Waals surface area contributed by atoms with Crippen LogP contribution >= 0.6 is 0 Å². The van der Waals surface area contributed by atoms with Crippen molar-refractivity contribution >= 4 is 17.5 Å². The van der Waals surface area contributed by atoms with E-state index in [1.807, 2.05) is 24.8 Å². The lowest BCUT2D eigenvalue weighted by Crippen LogP contribution is -2.44. The lowest BCUT2D eigenvalue weighted by atomic mass is 9.67. The molecule has 0 saturated carbocycles. The molecule has 1 atom stereocenters. The van der Waals surface area contributed by atoms with Gasteiger partial charge in [0, 0.05) is 50.3 Å². The second-order valence-corrected chi connectivity index (χ2v) is 10.5. The Kier molecular flexibility index (Phi) is 4.92. The lowest BCUT2D eigenvalue weighted by molar-refractivity contribution is 0.312. The topological polar surface area (TPSA) is 70.1 Å². The van der Waals surface area contributed by atoms with Crippen LogP contribution in [-0.2, 0) is 5.41 Å². The summed E-state index contributed by atoms with van der Waals surface area (Å²) in [5.41, 5.74) is 5.46. The quantitative estimate of drug-likeness (QED) is 0.589. The van der Waals surface area contributed by atoms with Gasteiger partial charge in [-0.3, -0.25) is 4.98 Å². The van der Waals surface area contributed by atoms with Crippen LogP contribution in [0.4, 0.5) is 17.5 Å². The monoisotopic (exact) mass is 453 g/mol. The summed E-state index contributed by atoms with van der Waals surface area (Å²) in [7, 11) is 2.16. The number of likely N-dealkylation sites (N-methyl/N-ethyl adjacent to an activating group) is 1. The summed E-state index contributed by atoms with van der Waals surface area (Å²) >= 11 is 0. The SMILES string of the molecule is CN1CCN(c2ccc(Nc3ncc4c(n3)C3(C=CC(C)(C)CC3)c3cnccc3-4)cn2)CC1. The molecule has 0 amide bonds. The largest absolute Gasteiger partial charge is 0.354 e. The molecule has 1 aliphatic heterocycles. The third-order valence-corrected chi connectivity index (χ3v) is 7.62. The number of nitrogens with zero attached hydrogens (tertiary/aromatic N) is 6. The van der Waals surface area contributed by atoms with Gasteiger partial charge in [0.1, 0.15) is 5.82 Å². The molecule has 1 N–H and O–H groups in total. The first kappa shape index (κ1) is 21.2. The molecule has 0 aromatic carbocycles. The highest BCUT2D eigenvalue weighted by Gasteiger charge is 2.46. The first-order valence-corrected chi connectivity index (χ1v) is 12.1. The maximum absolute atomic E-state index is 5.06. The van der Waals surface area contributed by atoms with E-state index in [1.165, 1.54) is 11.1 Å². The van der Waals surface area contributed by atoms with Crippen LogP contribution in [0.25, 0.3) is 11.1 Å². The number of hydrogen-bond donors (Lipinski definition) is 1. The van der Waals surface area contributed by atoms with Gasteiger partial charge in [-0.2, -0.15) is 0 Å². The molecular weight excluding hydrogens is 422 g/mol. The van der Waals surface area contributed by atoms with E-state index in [9.17, 15) is 0 Å². The van der Waals surface area contributed by atoms with E-state index >= 15 is 0 Å². The molecule has 1 spiro atoms. The highest BCUT2D eigenvalue weighted by molar-refractivity contribution is 5.80. The Bertz CT molecular complexity index is 1240. The van der Waals surface area contributed by atoms with Gasteiger partial charge in [-0.05, 0) is 54.6 Å². The predicted octanol–water partition coefficient (Wildman–Crippen LogP) is 4.40. The fourth-order valence-corrected chi connectivity index (χ4v) is 5.38. The van der Waals surface area contributed by atoms with E-state index < -0.39 is 0 Å². The van der Waals surface area contributed by atoms with Crippen LogP contribution < -0.4 is 10.2 Å². The molecule has 3 aromatic rings. The third kappa shape index (κ3) is 3.55. The predicted molar refractivity (Wildman–Crippen MR) is 135 cm³/mol. The summed E-state index contributed by atoms with van der Waals surface area (Å²) in [6.07, 6.45) is 14.5. The van der Waals surface area contributed by atoms with E-state index in [0.717, 1.165) is 61.8 Å². The molecule has 0 radical (unpaired) electrons. The fraction of sp³-hybridized carbons (Fsp3) is 0.407. The summed E-state index contributed by atoms with van der Waals surface area (Å²) in [6, 6.07) is 6.23. The number of anilines is 3. The summed E-state index contributed by atoms with van der Waals surface area (Å²) in [6.45, 7) is 8.73. The van der Waals surface area contributed by atoms with Crippen molar-refractivity contribution in [3.8, 4) is 11.1 Å². The number of piperazine rings is 1. The second kappa shape index (κ2) is 7.87. The molecule has 0 bridgehead atoms.